The highest BCUT2D eigenvalue weighted by Crippen LogP contribution is 2.36. The monoisotopic (exact) mass is 406 g/mol. The van der Waals surface area contributed by atoms with Crippen molar-refractivity contribution in [2.75, 3.05) is 26.2 Å². The third kappa shape index (κ3) is 6.21. The lowest BCUT2D eigenvalue weighted by Gasteiger charge is -2.36. The summed E-state index contributed by atoms with van der Waals surface area (Å²) >= 11 is 0. The molecule has 2 aromatic carbocycles. The fourth-order valence-electron chi connectivity index (χ4n) is 3.90. The first-order valence-corrected chi connectivity index (χ1v) is 10.3. The fraction of sp³-hybridized carbons (Fsp3) is 0.478. The van der Waals surface area contributed by atoms with Crippen LogP contribution in [0.15, 0.2) is 54.6 Å². The highest BCUT2D eigenvalue weighted by atomic mass is 19.4. The summed E-state index contributed by atoms with van der Waals surface area (Å²) in [5.74, 6) is 1.00. The van der Waals surface area contributed by atoms with Crippen LogP contribution in [0.25, 0.3) is 0 Å². The van der Waals surface area contributed by atoms with Gasteiger partial charge in [0.15, 0.2) is 0 Å². The van der Waals surface area contributed by atoms with Crippen molar-refractivity contribution in [3.8, 4) is 5.75 Å². The molecule has 0 aliphatic carbocycles. The van der Waals surface area contributed by atoms with Gasteiger partial charge < -0.3 is 15.4 Å². The van der Waals surface area contributed by atoms with E-state index < -0.39 is 11.7 Å². The highest BCUT2D eigenvalue weighted by Gasteiger charge is 2.32. The highest BCUT2D eigenvalue weighted by molar-refractivity contribution is 5.29. The third-order valence-electron chi connectivity index (χ3n) is 5.56. The number of alkyl halides is 3. The molecule has 6 heteroatoms. The molecule has 1 aliphatic rings. The minimum absolute atomic E-state index is 0.258. The van der Waals surface area contributed by atoms with E-state index in [2.05, 4.69) is 4.90 Å². The molecule has 1 unspecified atom stereocenters. The lowest BCUT2D eigenvalue weighted by Crippen LogP contribution is -2.37. The Hall–Kier alpha value is -2.05. The Balaban J connectivity index is 1.72. The fourth-order valence-corrected chi connectivity index (χ4v) is 3.90. The van der Waals surface area contributed by atoms with Gasteiger partial charge in [-0.25, -0.2) is 0 Å². The van der Waals surface area contributed by atoms with Crippen molar-refractivity contribution in [3.05, 3.63) is 65.7 Å². The van der Waals surface area contributed by atoms with Crippen LogP contribution in [0.1, 0.15) is 42.9 Å². The summed E-state index contributed by atoms with van der Waals surface area (Å²) in [5, 5.41) is 0. The van der Waals surface area contributed by atoms with E-state index in [1.54, 1.807) is 12.1 Å². The molecule has 2 aromatic rings. The number of likely N-dealkylation sites (tertiary alicyclic amines) is 1. The van der Waals surface area contributed by atoms with Gasteiger partial charge in [-0.15, -0.1) is 0 Å². The van der Waals surface area contributed by atoms with E-state index in [1.165, 1.54) is 0 Å². The summed E-state index contributed by atoms with van der Waals surface area (Å²) in [4.78, 5) is 2.44. The first-order chi connectivity index (χ1) is 14.0. The van der Waals surface area contributed by atoms with Crippen molar-refractivity contribution in [3.63, 3.8) is 0 Å². The van der Waals surface area contributed by atoms with E-state index in [0.717, 1.165) is 75.3 Å². The van der Waals surface area contributed by atoms with E-state index in [9.17, 15) is 13.2 Å². The van der Waals surface area contributed by atoms with Gasteiger partial charge in [-0.3, -0.25) is 0 Å². The van der Waals surface area contributed by atoms with Gasteiger partial charge in [-0.05, 0) is 81.7 Å². The minimum atomic E-state index is -4.33. The lowest BCUT2D eigenvalue weighted by molar-refractivity contribution is -0.137. The number of halogens is 3. The summed E-state index contributed by atoms with van der Waals surface area (Å²) < 4.78 is 45.1. The molecule has 1 aliphatic heterocycles. The molecule has 1 atom stereocenters. The molecule has 0 bridgehead atoms. The Morgan fingerprint density at radius 1 is 0.966 bits per heavy atom. The van der Waals surface area contributed by atoms with Crippen molar-refractivity contribution in [2.45, 2.75) is 38.0 Å². The Bertz CT molecular complexity index is 726. The molecule has 0 spiro atoms. The van der Waals surface area contributed by atoms with Gasteiger partial charge in [0, 0.05) is 5.92 Å². The zero-order valence-corrected chi connectivity index (χ0v) is 16.6. The molecule has 29 heavy (non-hydrogen) atoms. The van der Waals surface area contributed by atoms with Crippen molar-refractivity contribution in [1.29, 1.82) is 0 Å². The first kappa shape index (κ1) is 21.7. The Morgan fingerprint density at radius 2 is 1.62 bits per heavy atom. The number of hydrogen-bond acceptors (Lipinski definition) is 3. The second-order valence-corrected chi connectivity index (χ2v) is 7.65. The predicted octanol–water partition coefficient (Wildman–Crippen LogP) is 5.28. The molecule has 0 amide bonds. The molecule has 2 N–H and O–H groups in total. The quantitative estimate of drug-likeness (QED) is 0.607. The van der Waals surface area contributed by atoms with Crippen molar-refractivity contribution in [2.24, 2.45) is 11.7 Å². The van der Waals surface area contributed by atoms with Crippen LogP contribution in [0.5, 0.6) is 5.75 Å². The number of ether oxygens (including phenoxy) is 1. The molecule has 0 aromatic heterocycles. The van der Waals surface area contributed by atoms with Gasteiger partial charge in [0.05, 0.1) is 5.56 Å². The molecule has 158 valence electrons. The molecule has 1 heterocycles. The number of rotatable bonds is 8. The van der Waals surface area contributed by atoms with Crippen LogP contribution in [0.2, 0.25) is 0 Å². The number of nitrogens with two attached hydrogens (primary N) is 1. The van der Waals surface area contributed by atoms with Crippen LogP contribution in [0.4, 0.5) is 13.2 Å². The maximum atomic E-state index is 12.9. The normalized spacial score (nSPS) is 17.2. The van der Waals surface area contributed by atoms with Crippen LogP contribution in [-0.4, -0.2) is 31.1 Å². The summed E-state index contributed by atoms with van der Waals surface area (Å²) in [5.41, 5.74) is 5.74. The molecule has 1 fully saturated rings. The number of hydrogen-bond donors (Lipinski definition) is 1. The third-order valence-corrected chi connectivity index (χ3v) is 5.56. The molecule has 0 radical (unpaired) electrons. The van der Waals surface area contributed by atoms with Crippen LogP contribution >= 0.6 is 0 Å². The second-order valence-electron chi connectivity index (χ2n) is 7.65. The number of benzene rings is 2. The van der Waals surface area contributed by atoms with E-state index >= 15 is 0 Å². The van der Waals surface area contributed by atoms with Crippen LogP contribution in [0.3, 0.4) is 0 Å². The van der Waals surface area contributed by atoms with Gasteiger partial charge in [-0.2, -0.15) is 13.2 Å². The van der Waals surface area contributed by atoms with E-state index in [-0.39, 0.29) is 12.0 Å². The average Bonchev–Trinajstić information content (AvgIpc) is 2.73. The van der Waals surface area contributed by atoms with Crippen LogP contribution in [-0.2, 0) is 6.18 Å². The van der Waals surface area contributed by atoms with Crippen molar-refractivity contribution < 1.29 is 17.9 Å². The molecule has 3 nitrogen and oxygen atoms in total. The zero-order chi connectivity index (χ0) is 20.7. The lowest BCUT2D eigenvalue weighted by atomic mass is 9.86. The topological polar surface area (TPSA) is 38.5 Å². The van der Waals surface area contributed by atoms with Crippen LogP contribution in [0, 0.1) is 5.92 Å². The van der Waals surface area contributed by atoms with Gasteiger partial charge in [0.2, 0.25) is 0 Å². The predicted molar refractivity (Wildman–Crippen MR) is 109 cm³/mol. The summed E-state index contributed by atoms with van der Waals surface area (Å²) in [6.07, 6.45) is -0.536. The van der Waals surface area contributed by atoms with Gasteiger partial charge in [0.1, 0.15) is 11.9 Å². The number of unbranched alkanes of at least 4 members (excludes halogenated alkanes) is 1. The van der Waals surface area contributed by atoms with Gasteiger partial charge in [0.25, 0.3) is 0 Å². The van der Waals surface area contributed by atoms with Gasteiger partial charge in [-0.1, -0.05) is 30.3 Å². The Kier molecular flexibility index (Phi) is 7.56. The van der Waals surface area contributed by atoms with E-state index in [0.29, 0.717) is 0 Å². The standard InChI is InChI=1S/C23H29F3N2O/c24-23(25,26)20-10-8-18(9-11-20)22(29-21-6-2-1-3-7-21)19-12-16-28(17-13-19)15-5-4-14-27/h1-3,6-11,19,22H,4-5,12-17,27H2. The summed E-state index contributed by atoms with van der Waals surface area (Å²) in [6, 6.07) is 14.9. The number of para-hydroxylation sites is 1. The summed E-state index contributed by atoms with van der Waals surface area (Å²) in [6.45, 7) is 3.72. The average molecular weight is 406 g/mol. The van der Waals surface area contributed by atoms with Gasteiger partial charge >= 0.3 is 6.18 Å². The summed E-state index contributed by atoms with van der Waals surface area (Å²) in [7, 11) is 0. The zero-order valence-electron chi connectivity index (χ0n) is 16.6. The van der Waals surface area contributed by atoms with Crippen molar-refractivity contribution >= 4 is 0 Å². The maximum absolute atomic E-state index is 12.9. The molecule has 1 saturated heterocycles. The number of piperidine rings is 1. The first-order valence-electron chi connectivity index (χ1n) is 10.3. The largest absolute Gasteiger partial charge is 0.485 e. The Labute approximate surface area is 170 Å². The molecular formula is C23H29F3N2O. The maximum Gasteiger partial charge on any atom is 0.416 e. The SMILES string of the molecule is NCCCCN1CCC(C(Oc2ccccc2)c2ccc(C(F)(F)F)cc2)CC1. The van der Waals surface area contributed by atoms with Crippen molar-refractivity contribution in [1.82, 2.24) is 4.90 Å². The smallest absolute Gasteiger partial charge is 0.416 e. The van der Waals surface area contributed by atoms with E-state index in [4.69, 9.17) is 10.5 Å². The molecule has 0 saturated carbocycles. The Morgan fingerprint density at radius 3 is 2.21 bits per heavy atom. The van der Waals surface area contributed by atoms with E-state index in [1.807, 2.05) is 30.3 Å². The minimum Gasteiger partial charge on any atom is -0.485 e. The number of nitrogens with zero attached hydrogens (tertiary/aromatic N) is 1. The molecular weight excluding hydrogens is 377 g/mol. The van der Waals surface area contributed by atoms with Crippen LogP contribution < -0.4 is 10.5 Å². The molecule has 3 rings (SSSR count). The second kappa shape index (κ2) is 10.1.